The van der Waals surface area contributed by atoms with Crippen molar-refractivity contribution in [1.82, 2.24) is 0 Å². The van der Waals surface area contributed by atoms with Crippen LogP contribution in [0.5, 0.6) is 0 Å². The molecular weight excluding hydrogens is 466 g/mol. The van der Waals surface area contributed by atoms with E-state index < -0.39 is 6.10 Å². The lowest BCUT2D eigenvalue weighted by molar-refractivity contribution is -0.113. The highest BCUT2D eigenvalue weighted by atomic mass is 31.1. The Bertz CT molecular complexity index is 462. The molecule has 0 fully saturated rings. The van der Waals surface area contributed by atoms with Crippen molar-refractivity contribution < 1.29 is 23.7 Å². The first-order valence-electron chi connectivity index (χ1n) is 14.1. The Hall–Kier alpha value is 0.0800. The largest absolute Gasteiger partial charge is 0.394 e. The highest BCUT2D eigenvalue weighted by molar-refractivity contribution is 7.53. The minimum atomic E-state index is -0.529. The molecule has 7 heteroatoms. The third-order valence-corrected chi connectivity index (χ3v) is 7.73. The Kier molecular flexibility index (Phi) is 27.7. The molecule has 0 heterocycles. The van der Waals surface area contributed by atoms with E-state index in [0.29, 0.717) is 12.8 Å². The zero-order valence-corrected chi connectivity index (χ0v) is 24.2. The molecule has 0 aromatic heterocycles. The van der Waals surface area contributed by atoms with Crippen LogP contribution in [0.15, 0.2) is 0 Å². The summed E-state index contributed by atoms with van der Waals surface area (Å²) in [4.78, 5) is 24.0. The highest BCUT2D eigenvalue weighted by Gasteiger charge is 2.13. The highest BCUT2D eigenvalue weighted by Crippen LogP contribution is 2.24. The molecule has 0 radical (unpaired) electrons. The molecule has 0 aromatic carbocycles. The lowest BCUT2D eigenvalue weighted by Gasteiger charge is -2.14. The second-order valence-electron chi connectivity index (χ2n) is 9.44. The molecule has 3 unspecified atom stereocenters. The van der Waals surface area contributed by atoms with Crippen molar-refractivity contribution >= 4 is 28.7 Å². The van der Waals surface area contributed by atoms with Gasteiger partial charge in [0.25, 0.3) is 0 Å². The zero-order valence-electron chi connectivity index (χ0n) is 22.2. The maximum atomic E-state index is 12.0. The molecule has 0 bridgehead atoms. The van der Waals surface area contributed by atoms with Gasteiger partial charge in [-0.15, -0.1) is 0 Å². The summed E-state index contributed by atoms with van der Waals surface area (Å²) in [6.07, 6.45) is 22.8. The van der Waals surface area contributed by atoms with Crippen LogP contribution in [0.3, 0.4) is 0 Å². The molecule has 0 aliphatic heterocycles. The number of hydrogen-bond donors (Lipinski definition) is 1. The molecule has 3 atom stereocenters. The van der Waals surface area contributed by atoms with E-state index in [4.69, 9.17) is 9.05 Å². The van der Waals surface area contributed by atoms with E-state index in [2.05, 4.69) is 13.8 Å². The van der Waals surface area contributed by atoms with Crippen LogP contribution in [0.1, 0.15) is 142 Å². The van der Waals surface area contributed by atoms with E-state index >= 15 is 0 Å². The van der Waals surface area contributed by atoms with Gasteiger partial charge in [-0.2, -0.15) is 0 Å². The first kappa shape index (κ1) is 34.1. The molecule has 34 heavy (non-hydrogen) atoms. The Morgan fingerprint density at radius 3 is 1.41 bits per heavy atom. The van der Waals surface area contributed by atoms with Gasteiger partial charge in [0.2, 0.25) is 0 Å². The number of hydrogen-bond acceptors (Lipinski definition) is 5. The lowest BCUT2D eigenvalue weighted by atomic mass is 10.1. The summed E-state index contributed by atoms with van der Waals surface area (Å²) in [7, 11) is -0.451. The number of aliphatic hydroxyl groups is 1. The minimum Gasteiger partial charge on any atom is -0.394 e. The lowest BCUT2D eigenvalue weighted by Crippen LogP contribution is -2.20. The van der Waals surface area contributed by atoms with Crippen LogP contribution in [-0.4, -0.2) is 35.5 Å². The fourth-order valence-corrected chi connectivity index (χ4v) is 5.21. The molecule has 0 saturated heterocycles. The third-order valence-electron chi connectivity index (χ3n) is 6.01. The predicted molar refractivity (Wildman–Crippen MR) is 148 cm³/mol. The summed E-state index contributed by atoms with van der Waals surface area (Å²) in [5.74, 6) is 0. The minimum absolute atomic E-state index is 0.102. The Morgan fingerprint density at radius 2 is 1.00 bits per heavy atom. The van der Waals surface area contributed by atoms with Crippen LogP contribution < -0.4 is 0 Å². The van der Waals surface area contributed by atoms with Crippen molar-refractivity contribution in [2.45, 2.75) is 148 Å². The summed E-state index contributed by atoms with van der Waals surface area (Å²) >= 11 is 0. The van der Waals surface area contributed by atoms with Gasteiger partial charge in [0.05, 0.1) is 30.8 Å². The van der Waals surface area contributed by atoms with Gasteiger partial charge in [-0.05, 0) is 12.8 Å². The second-order valence-corrected chi connectivity index (χ2v) is 11.5. The van der Waals surface area contributed by atoms with E-state index in [1.807, 2.05) is 0 Å². The van der Waals surface area contributed by atoms with E-state index in [1.165, 1.54) is 89.9 Å². The fraction of sp³-hybridized carbons (Fsp3) is 0.926. The summed E-state index contributed by atoms with van der Waals surface area (Å²) in [5.41, 5.74) is 0.230. The van der Waals surface area contributed by atoms with E-state index in [-0.39, 0.29) is 41.9 Å². The SMILES string of the molecule is CCCCCCCCCCCC(=O)POCC(CO)OPC(=O)CCCCCCCCCCC. The van der Waals surface area contributed by atoms with Gasteiger partial charge in [0.15, 0.2) is 11.0 Å². The van der Waals surface area contributed by atoms with Crippen molar-refractivity contribution in [3.05, 3.63) is 0 Å². The van der Waals surface area contributed by atoms with Gasteiger partial charge in [-0.25, -0.2) is 0 Å². The summed E-state index contributed by atoms with van der Waals surface area (Å²) < 4.78 is 11.0. The number of carbonyl (C=O) groups excluding carboxylic acids is 2. The van der Waals surface area contributed by atoms with Gasteiger partial charge < -0.3 is 14.2 Å². The Balaban J connectivity index is 3.57. The van der Waals surface area contributed by atoms with Crippen molar-refractivity contribution in [2.24, 2.45) is 0 Å². The smallest absolute Gasteiger partial charge is 0.178 e. The molecule has 202 valence electrons. The summed E-state index contributed by atoms with van der Waals surface area (Å²) in [6.45, 7) is 4.43. The molecular formula is C27H54O5P2. The standard InChI is InChI=1S/C27H54O5P2/c1-3-5-7-9-11-13-15-17-19-21-26(29)33-31-24-25(23-28)32-34-27(30)22-20-18-16-14-12-10-8-6-4-2/h25,28,33-34H,3-24H2,1-2H3. The maximum absolute atomic E-state index is 12.0. The Labute approximate surface area is 214 Å². The average Bonchev–Trinajstić information content (AvgIpc) is 2.84. The third kappa shape index (κ3) is 25.2. The van der Waals surface area contributed by atoms with Crippen molar-refractivity contribution in [3.8, 4) is 0 Å². The first-order chi connectivity index (χ1) is 16.6. The van der Waals surface area contributed by atoms with Crippen LogP contribution in [0, 0.1) is 0 Å². The quantitative estimate of drug-likeness (QED) is 0.0827. The molecule has 0 aliphatic rings. The molecule has 0 amide bonds. The maximum Gasteiger partial charge on any atom is 0.178 e. The molecule has 5 nitrogen and oxygen atoms in total. The fourth-order valence-electron chi connectivity index (χ4n) is 3.78. The van der Waals surface area contributed by atoms with Crippen LogP contribution in [-0.2, 0) is 18.6 Å². The Morgan fingerprint density at radius 1 is 0.618 bits per heavy atom. The van der Waals surface area contributed by atoms with Gasteiger partial charge in [0.1, 0.15) is 6.10 Å². The molecule has 0 spiro atoms. The predicted octanol–water partition coefficient (Wildman–Crippen LogP) is 8.46. The normalized spacial score (nSPS) is 12.9. The molecule has 0 aromatic rings. The van der Waals surface area contributed by atoms with Gasteiger partial charge >= 0.3 is 0 Å². The monoisotopic (exact) mass is 520 g/mol. The number of aliphatic hydroxyl groups excluding tert-OH is 1. The molecule has 0 aliphatic carbocycles. The summed E-state index contributed by atoms with van der Waals surface area (Å²) in [6, 6.07) is 0. The molecule has 0 saturated carbocycles. The topological polar surface area (TPSA) is 72.8 Å². The van der Waals surface area contributed by atoms with Crippen LogP contribution in [0.4, 0.5) is 0 Å². The average molecular weight is 521 g/mol. The van der Waals surface area contributed by atoms with Crippen LogP contribution in [0.2, 0.25) is 0 Å². The van der Waals surface area contributed by atoms with Crippen molar-refractivity contribution in [1.29, 1.82) is 0 Å². The number of rotatable bonds is 28. The van der Waals surface area contributed by atoms with Gasteiger partial charge in [0, 0.05) is 12.8 Å². The van der Waals surface area contributed by atoms with Crippen LogP contribution >= 0.6 is 17.6 Å². The van der Waals surface area contributed by atoms with Gasteiger partial charge in [-0.3, -0.25) is 9.59 Å². The van der Waals surface area contributed by atoms with Crippen molar-refractivity contribution in [3.63, 3.8) is 0 Å². The molecule has 0 rings (SSSR count). The first-order valence-corrected chi connectivity index (χ1v) is 15.9. The van der Waals surface area contributed by atoms with E-state index in [1.54, 1.807) is 0 Å². The number of unbranched alkanes of at least 4 members (excludes halogenated alkanes) is 16. The zero-order chi connectivity index (χ0) is 25.1. The van der Waals surface area contributed by atoms with Crippen LogP contribution in [0.25, 0.3) is 0 Å². The van der Waals surface area contributed by atoms with Crippen molar-refractivity contribution in [2.75, 3.05) is 13.2 Å². The second kappa shape index (κ2) is 27.7. The number of carbonyl (C=O) groups is 2. The molecule has 1 N–H and O–H groups in total. The van der Waals surface area contributed by atoms with E-state index in [9.17, 15) is 14.7 Å². The summed E-state index contributed by atoms with van der Waals surface area (Å²) in [5, 5.41) is 9.45. The van der Waals surface area contributed by atoms with Gasteiger partial charge in [-0.1, -0.05) is 117 Å². The van der Waals surface area contributed by atoms with E-state index in [0.717, 1.165) is 25.7 Å².